The van der Waals surface area contributed by atoms with Gasteiger partial charge in [0, 0.05) is 18.3 Å². The molecule has 2 nitrogen and oxygen atoms in total. The summed E-state index contributed by atoms with van der Waals surface area (Å²) in [5, 5.41) is 0. The van der Waals surface area contributed by atoms with Crippen LogP contribution in [-0.4, -0.2) is 12.4 Å². The summed E-state index contributed by atoms with van der Waals surface area (Å²) < 4.78 is 5.89. The summed E-state index contributed by atoms with van der Waals surface area (Å²) in [6, 6.07) is 8.47. The smallest absolute Gasteiger partial charge is 0.133 e. The molecule has 1 aliphatic carbocycles. The van der Waals surface area contributed by atoms with Gasteiger partial charge < -0.3 is 4.74 Å². The molecule has 90 valence electrons. The Bertz CT molecular complexity index is 452. The third kappa shape index (κ3) is 1.71. The van der Waals surface area contributed by atoms with Crippen molar-refractivity contribution in [3.05, 3.63) is 35.4 Å². The second-order valence-corrected chi connectivity index (χ2v) is 5.39. The molecular weight excluding hydrogens is 212 g/mol. The van der Waals surface area contributed by atoms with Crippen molar-refractivity contribution in [2.45, 2.75) is 44.1 Å². The molecule has 0 amide bonds. The van der Waals surface area contributed by atoms with Crippen molar-refractivity contribution in [3.63, 3.8) is 0 Å². The van der Waals surface area contributed by atoms with Crippen molar-refractivity contribution in [1.29, 1.82) is 0 Å². The first-order chi connectivity index (χ1) is 8.21. The number of Topliss-reactive ketones (excluding diaryl/α,β-unsaturated/α-hetero) is 1. The first-order valence-electron chi connectivity index (χ1n) is 6.44. The molecule has 1 fully saturated rings. The van der Waals surface area contributed by atoms with E-state index in [2.05, 4.69) is 31.2 Å². The molecule has 2 aliphatic rings. The van der Waals surface area contributed by atoms with E-state index in [-0.39, 0.29) is 11.5 Å². The van der Waals surface area contributed by atoms with Crippen LogP contribution in [0.5, 0.6) is 0 Å². The van der Waals surface area contributed by atoms with E-state index < -0.39 is 0 Å². The van der Waals surface area contributed by atoms with Crippen LogP contribution < -0.4 is 0 Å². The monoisotopic (exact) mass is 230 g/mol. The third-order valence-corrected chi connectivity index (χ3v) is 4.23. The number of hydrogen-bond acceptors (Lipinski definition) is 2. The summed E-state index contributed by atoms with van der Waals surface area (Å²) in [6.45, 7) is 2.80. The number of carbonyl (C=O) groups excluding carboxylic acids is 1. The molecule has 0 saturated heterocycles. The molecule has 2 unspecified atom stereocenters. The lowest BCUT2D eigenvalue weighted by Crippen LogP contribution is -2.41. The maximum absolute atomic E-state index is 11.8. The van der Waals surface area contributed by atoms with Crippen LogP contribution in [0.3, 0.4) is 0 Å². The summed E-state index contributed by atoms with van der Waals surface area (Å²) in [5.41, 5.74) is 2.60. The van der Waals surface area contributed by atoms with Crippen molar-refractivity contribution in [1.82, 2.24) is 0 Å². The first kappa shape index (κ1) is 11.0. The average molecular weight is 230 g/mol. The van der Waals surface area contributed by atoms with Crippen LogP contribution in [0.25, 0.3) is 0 Å². The molecule has 1 aromatic rings. The fraction of sp³-hybridized carbons (Fsp3) is 0.533. The summed E-state index contributed by atoms with van der Waals surface area (Å²) in [4.78, 5) is 11.8. The molecule has 0 N–H and O–H groups in total. The van der Waals surface area contributed by atoms with Crippen LogP contribution >= 0.6 is 0 Å². The Morgan fingerprint density at radius 3 is 3.00 bits per heavy atom. The van der Waals surface area contributed by atoms with Crippen LogP contribution in [0.2, 0.25) is 0 Å². The summed E-state index contributed by atoms with van der Waals surface area (Å²) in [6.07, 6.45) is 3.66. The minimum absolute atomic E-state index is 0.0293. The van der Waals surface area contributed by atoms with E-state index in [4.69, 9.17) is 4.74 Å². The Hall–Kier alpha value is -1.15. The number of carbonyl (C=O) groups is 1. The molecular formula is C15H18O2. The van der Waals surface area contributed by atoms with E-state index in [0.717, 1.165) is 19.3 Å². The van der Waals surface area contributed by atoms with Gasteiger partial charge in [-0.2, -0.15) is 0 Å². The number of ketones is 1. The zero-order chi connectivity index (χ0) is 11.9. The molecule has 1 heterocycles. The highest BCUT2D eigenvalue weighted by molar-refractivity contribution is 5.81. The molecule has 1 aromatic carbocycles. The predicted octanol–water partition coefficient (Wildman–Crippen LogP) is 3.16. The molecule has 3 rings (SSSR count). The number of hydrogen-bond donors (Lipinski definition) is 0. The molecule has 1 spiro atoms. The fourth-order valence-corrected chi connectivity index (χ4v) is 3.32. The molecule has 1 saturated carbocycles. The Morgan fingerprint density at radius 2 is 2.18 bits per heavy atom. The van der Waals surface area contributed by atoms with Crippen molar-refractivity contribution >= 4 is 5.78 Å². The number of rotatable bonds is 0. The molecule has 2 heteroatoms. The van der Waals surface area contributed by atoms with E-state index in [0.29, 0.717) is 18.8 Å². The van der Waals surface area contributed by atoms with Gasteiger partial charge in [0.1, 0.15) is 5.78 Å². The minimum atomic E-state index is -0.0293. The number of benzene rings is 1. The molecule has 1 aliphatic heterocycles. The lowest BCUT2D eigenvalue weighted by Gasteiger charge is -2.43. The maximum Gasteiger partial charge on any atom is 0.133 e. The molecule has 0 aromatic heterocycles. The Morgan fingerprint density at radius 1 is 1.35 bits per heavy atom. The topological polar surface area (TPSA) is 26.3 Å². The highest BCUT2D eigenvalue weighted by atomic mass is 16.5. The second-order valence-electron chi connectivity index (χ2n) is 5.39. The number of fused-ring (bicyclic) bond motifs is 2. The Kier molecular flexibility index (Phi) is 2.55. The first-order valence-corrected chi connectivity index (χ1v) is 6.44. The van der Waals surface area contributed by atoms with Crippen LogP contribution in [0.15, 0.2) is 24.3 Å². The third-order valence-electron chi connectivity index (χ3n) is 4.23. The zero-order valence-corrected chi connectivity index (χ0v) is 10.2. The lowest BCUT2D eigenvalue weighted by molar-refractivity contribution is -0.124. The van der Waals surface area contributed by atoms with E-state index in [1.165, 1.54) is 11.1 Å². The van der Waals surface area contributed by atoms with Gasteiger partial charge in [-0.25, -0.2) is 0 Å². The van der Waals surface area contributed by atoms with E-state index in [1.54, 1.807) is 0 Å². The van der Waals surface area contributed by atoms with Crippen molar-refractivity contribution in [3.8, 4) is 0 Å². The summed E-state index contributed by atoms with van der Waals surface area (Å²) in [7, 11) is 0. The normalized spacial score (nSPS) is 32.5. The Balaban J connectivity index is 2.08. The highest BCUT2D eigenvalue weighted by Gasteiger charge is 2.42. The van der Waals surface area contributed by atoms with Gasteiger partial charge in [-0.3, -0.25) is 4.79 Å². The molecule has 17 heavy (non-hydrogen) atoms. The molecule has 0 radical (unpaired) electrons. The van der Waals surface area contributed by atoms with Gasteiger partial charge in [0.25, 0.3) is 0 Å². The second kappa shape index (κ2) is 3.95. The van der Waals surface area contributed by atoms with Gasteiger partial charge in [-0.1, -0.05) is 24.3 Å². The summed E-state index contributed by atoms with van der Waals surface area (Å²) in [5.74, 6) is 0.393. The van der Waals surface area contributed by atoms with Gasteiger partial charge in [0.05, 0.1) is 12.7 Å². The summed E-state index contributed by atoms with van der Waals surface area (Å²) >= 11 is 0. The number of ether oxygens (including phenoxy) is 1. The van der Waals surface area contributed by atoms with Crippen molar-refractivity contribution in [2.75, 3.05) is 6.61 Å². The van der Waals surface area contributed by atoms with Gasteiger partial charge in [-0.15, -0.1) is 0 Å². The van der Waals surface area contributed by atoms with Gasteiger partial charge in [-0.05, 0) is 30.9 Å². The Labute approximate surface area is 102 Å². The standard InChI is InChI=1S/C15H18O2/c1-11-13-6-2-3-7-14(13)15(10-17-11)8-4-5-12(16)9-15/h2-3,6-7,11H,4-5,8-10H2,1H3. The van der Waals surface area contributed by atoms with E-state index in [9.17, 15) is 4.79 Å². The van der Waals surface area contributed by atoms with Crippen LogP contribution in [-0.2, 0) is 14.9 Å². The SMILES string of the molecule is CC1OCC2(CCCC(=O)C2)c2ccccc21. The van der Waals surface area contributed by atoms with Gasteiger partial charge >= 0.3 is 0 Å². The van der Waals surface area contributed by atoms with Crippen molar-refractivity contribution < 1.29 is 9.53 Å². The molecule has 0 bridgehead atoms. The average Bonchev–Trinajstić information content (AvgIpc) is 2.35. The largest absolute Gasteiger partial charge is 0.373 e. The quantitative estimate of drug-likeness (QED) is 0.684. The van der Waals surface area contributed by atoms with Crippen LogP contribution in [0, 0.1) is 0 Å². The maximum atomic E-state index is 11.8. The lowest BCUT2D eigenvalue weighted by atomic mass is 9.66. The highest BCUT2D eigenvalue weighted by Crippen LogP contribution is 2.45. The van der Waals surface area contributed by atoms with E-state index >= 15 is 0 Å². The van der Waals surface area contributed by atoms with Crippen LogP contribution in [0.4, 0.5) is 0 Å². The zero-order valence-electron chi connectivity index (χ0n) is 10.2. The van der Waals surface area contributed by atoms with E-state index in [1.807, 2.05) is 0 Å². The predicted molar refractivity (Wildman–Crippen MR) is 66.0 cm³/mol. The van der Waals surface area contributed by atoms with Gasteiger partial charge in [0.15, 0.2) is 0 Å². The molecule has 2 atom stereocenters. The van der Waals surface area contributed by atoms with Crippen LogP contribution in [0.1, 0.15) is 49.8 Å². The van der Waals surface area contributed by atoms with Crippen molar-refractivity contribution in [2.24, 2.45) is 0 Å². The van der Waals surface area contributed by atoms with Gasteiger partial charge in [0.2, 0.25) is 0 Å². The minimum Gasteiger partial charge on any atom is -0.373 e. The fourth-order valence-electron chi connectivity index (χ4n) is 3.32.